The van der Waals surface area contributed by atoms with Gasteiger partial charge in [-0.15, -0.1) is 0 Å². The maximum atomic E-state index is 10.9. The maximum Gasteiger partial charge on any atom is 0.222 e. The van der Waals surface area contributed by atoms with Crippen molar-refractivity contribution in [3.63, 3.8) is 0 Å². The van der Waals surface area contributed by atoms with Crippen LogP contribution in [0.3, 0.4) is 0 Å². The van der Waals surface area contributed by atoms with Gasteiger partial charge in [-0.2, -0.15) is 5.10 Å². The van der Waals surface area contributed by atoms with Gasteiger partial charge in [-0.1, -0.05) is 60.7 Å². The van der Waals surface area contributed by atoms with Crippen molar-refractivity contribution in [1.29, 1.82) is 0 Å². The largest absolute Gasteiger partial charge is 0.497 e. The summed E-state index contributed by atoms with van der Waals surface area (Å²) in [4.78, 5) is 2.28. The minimum absolute atomic E-state index is 0.216. The molecule has 1 atom stereocenters. The second-order valence-electron chi connectivity index (χ2n) is 9.27. The molecule has 1 heterocycles. The lowest BCUT2D eigenvalue weighted by atomic mass is 10.0. The van der Waals surface area contributed by atoms with E-state index in [1.165, 1.54) is 0 Å². The number of benzene rings is 3. The van der Waals surface area contributed by atoms with Gasteiger partial charge in [0.05, 0.1) is 18.8 Å². The van der Waals surface area contributed by atoms with E-state index in [4.69, 9.17) is 14.6 Å². The van der Waals surface area contributed by atoms with E-state index in [0.717, 1.165) is 28.1 Å². The quantitative estimate of drug-likeness (QED) is 0.295. The summed E-state index contributed by atoms with van der Waals surface area (Å²) in [7, 11) is 3.55. The number of rotatable bonds is 11. The van der Waals surface area contributed by atoms with Crippen LogP contribution in [0.4, 0.5) is 0 Å². The second-order valence-corrected chi connectivity index (χ2v) is 9.27. The molecule has 1 N–H and O–H groups in total. The number of aromatic nitrogens is 2. The summed E-state index contributed by atoms with van der Waals surface area (Å²) in [5.41, 5.74) is 4.02. The summed E-state index contributed by atoms with van der Waals surface area (Å²) >= 11 is 0. The fraction of sp³-hybridized carbons (Fsp3) is 0.300. The highest BCUT2D eigenvalue weighted by Gasteiger charge is 2.24. The average molecular weight is 486 g/mol. The number of aryl methyl sites for hydroxylation is 1. The van der Waals surface area contributed by atoms with Gasteiger partial charge < -0.3 is 14.6 Å². The van der Waals surface area contributed by atoms with E-state index in [9.17, 15) is 5.11 Å². The molecule has 1 aromatic heterocycles. The van der Waals surface area contributed by atoms with Crippen molar-refractivity contribution >= 4 is 0 Å². The second kappa shape index (κ2) is 11.9. The molecule has 4 aromatic rings. The molecular weight excluding hydrogens is 450 g/mol. The summed E-state index contributed by atoms with van der Waals surface area (Å²) in [5, 5.41) is 15.8. The zero-order valence-electron chi connectivity index (χ0n) is 21.5. The van der Waals surface area contributed by atoms with Crippen molar-refractivity contribution in [3.05, 3.63) is 96.1 Å². The predicted octanol–water partition coefficient (Wildman–Crippen LogP) is 5.70. The van der Waals surface area contributed by atoms with E-state index in [1.807, 2.05) is 67.7 Å². The van der Waals surface area contributed by atoms with E-state index in [-0.39, 0.29) is 6.04 Å². The van der Waals surface area contributed by atoms with Crippen LogP contribution in [0, 0.1) is 0 Å². The third kappa shape index (κ3) is 6.33. The Bertz CT molecular complexity index is 1220. The summed E-state index contributed by atoms with van der Waals surface area (Å²) in [6.07, 6.45) is 0.121. The van der Waals surface area contributed by atoms with Crippen LogP contribution in [0.15, 0.2) is 84.9 Å². The monoisotopic (exact) mass is 485 g/mol. The number of methoxy groups -OCH3 is 1. The van der Waals surface area contributed by atoms with E-state index >= 15 is 0 Å². The van der Waals surface area contributed by atoms with Gasteiger partial charge in [0.25, 0.3) is 0 Å². The fourth-order valence-corrected chi connectivity index (χ4v) is 4.29. The predicted molar refractivity (Wildman–Crippen MR) is 143 cm³/mol. The van der Waals surface area contributed by atoms with Crippen LogP contribution in [-0.4, -0.2) is 45.6 Å². The minimum atomic E-state index is -0.488. The highest BCUT2D eigenvalue weighted by Crippen LogP contribution is 2.35. The van der Waals surface area contributed by atoms with Gasteiger partial charge >= 0.3 is 0 Å². The van der Waals surface area contributed by atoms with Gasteiger partial charge in [-0.3, -0.25) is 4.90 Å². The third-order valence-corrected chi connectivity index (χ3v) is 6.26. The molecular formula is C30H35N3O3. The van der Waals surface area contributed by atoms with Crippen LogP contribution in [0.25, 0.3) is 11.3 Å². The molecule has 0 saturated heterocycles. The lowest BCUT2D eigenvalue weighted by molar-refractivity contribution is 0.0904. The van der Waals surface area contributed by atoms with E-state index in [2.05, 4.69) is 43.0 Å². The summed E-state index contributed by atoms with van der Waals surface area (Å²) < 4.78 is 13.5. The molecule has 3 aromatic carbocycles. The van der Waals surface area contributed by atoms with Crippen molar-refractivity contribution < 1.29 is 14.6 Å². The highest BCUT2D eigenvalue weighted by molar-refractivity contribution is 5.65. The first kappa shape index (κ1) is 25.5. The first-order chi connectivity index (χ1) is 17.4. The van der Waals surface area contributed by atoms with Crippen LogP contribution < -0.4 is 9.47 Å². The van der Waals surface area contributed by atoms with Gasteiger partial charge in [0.1, 0.15) is 17.2 Å². The molecule has 36 heavy (non-hydrogen) atoms. The summed E-state index contributed by atoms with van der Waals surface area (Å²) in [6.45, 7) is 5.43. The number of ether oxygens (including phenoxy) is 2. The standard InChI is InChI=1S/C30H35N3O3/c1-22(2)33(20-25(34)19-23-11-7-5-8-12-23)21-28-29(24-13-9-6-10-14-24)31-32(3)30(28)36-27-17-15-26(35-4)16-18-27/h5-18,22,25,34H,19-21H2,1-4H3/t25-/m1/s1. The zero-order valence-corrected chi connectivity index (χ0v) is 21.5. The smallest absolute Gasteiger partial charge is 0.222 e. The Morgan fingerprint density at radius 2 is 1.50 bits per heavy atom. The molecule has 6 heteroatoms. The molecule has 0 unspecified atom stereocenters. The lowest BCUT2D eigenvalue weighted by Crippen LogP contribution is -2.38. The Morgan fingerprint density at radius 3 is 2.11 bits per heavy atom. The molecule has 188 valence electrons. The van der Waals surface area contributed by atoms with Crippen molar-refractivity contribution in [2.75, 3.05) is 13.7 Å². The first-order valence-corrected chi connectivity index (χ1v) is 12.3. The maximum absolute atomic E-state index is 10.9. The van der Waals surface area contributed by atoms with Crippen LogP contribution in [0.5, 0.6) is 17.4 Å². The Morgan fingerprint density at radius 1 is 0.889 bits per heavy atom. The number of hydrogen-bond acceptors (Lipinski definition) is 5. The summed E-state index contributed by atoms with van der Waals surface area (Å²) in [6, 6.07) is 28.0. The molecule has 0 spiro atoms. The minimum Gasteiger partial charge on any atom is -0.497 e. The number of aliphatic hydroxyl groups excluding tert-OH is 1. The number of nitrogens with zero attached hydrogens (tertiary/aromatic N) is 3. The SMILES string of the molecule is COc1ccc(Oc2c(CN(C[C@H](O)Cc3ccccc3)C(C)C)c(-c3ccccc3)nn2C)cc1. The molecule has 0 aliphatic carbocycles. The van der Waals surface area contributed by atoms with E-state index in [0.29, 0.717) is 31.1 Å². The van der Waals surface area contributed by atoms with Gasteiger partial charge in [0.15, 0.2) is 0 Å². The fourth-order valence-electron chi connectivity index (χ4n) is 4.29. The van der Waals surface area contributed by atoms with Crippen LogP contribution >= 0.6 is 0 Å². The Kier molecular flexibility index (Phi) is 8.41. The Balaban J connectivity index is 1.64. The average Bonchev–Trinajstić information content (AvgIpc) is 3.19. The Labute approximate surface area is 213 Å². The Hall–Kier alpha value is -3.61. The van der Waals surface area contributed by atoms with Crippen LogP contribution in [-0.2, 0) is 20.0 Å². The number of hydrogen-bond donors (Lipinski definition) is 1. The number of aliphatic hydroxyl groups is 1. The van der Waals surface area contributed by atoms with Crippen LogP contribution in [0.2, 0.25) is 0 Å². The lowest BCUT2D eigenvalue weighted by Gasteiger charge is -2.29. The topological polar surface area (TPSA) is 59.8 Å². The van der Waals surface area contributed by atoms with Crippen molar-refractivity contribution in [3.8, 4) is 28.6 Å². The van der Waals surface area contributed by atoms with Crippen molar-refractivity contribution in [2.24, 2.45) is 7.05 Å². The molecule has 6 nitrogen and oxygen atoms in total. The molecule has 0 bridgehead atoms. The van der Waals surface area contributed by atoms with Gasteiger partial charge in [0, 0.05) is 31.7 Å². The normalized spacial score (nSPS) is 12.2. The summed E-state index contributed by atoms with van der Waals surface area (Å²) in [5.74, 6) is 2.16. The van der Waals surface area contributed by atoms with Crippen LogP contribution in [0.1, 0.15) is 25.0 Å². The molecule has 0 saturated carbocycles. The zero-order chi connectivity index (χ0) is 25.5. The first-order valence-electron chi connectivity index (χ1n) is 12.3. The molecule has 4 rings (SSSR count). The van der Waals surface area contributed by atoms with Gasteiger partial charge in [-0.25, -0.2) is 4.68 Å². The van der Waals surface area contributed by atoms with E-state index < -0.39 is 6.10 Å². The molecule has 0 aliphatic heterocycles. The molecule has 0 amide bonds. The van der Waals surface area contributed by atoms with Gasteiger partial charge in [-0.05, 0) is 50.1 Å². The van der Waals surface area contributed by atoms with Crippen molar-refractivity contribution in [2.45, 2.75) is 39.0 Å². The third-order valence-electron chi connectivity index (χ3n) is 6.26. The molecule has 0 radical (unpaired) electrons. The molecule has 0 aliphatic rings. The molecule has 0 fully saturated rings. The van der Waals surface area contributed by atoms with Crippen molar-refractivity contribution in [1.82, 2.24) is 14.7 Å². The highest BCUT2D eigenvalue weighted by atomic mass is 16.5. The van der Waals surface area contributed by atoms with Gasteiger partial charge in [0.2, 0.25) is 5.88 Å². The van der Waals surface area contributed by atoms with E-state index in [1.54, 1.807) is 11.8 Å².